The Kier molecular flexibility index (Phi) is 5.93. The molecule has 0 spiro atoms. The fourth-order valence-corrected chi connectivity index (χ4v) is 2.21. The summed E-state index contributed by atoms with van der Waals surface area (Å²) in [5, 5.41) is 2.20. The molecule has 1 aromatic carbocycles. The molecule has 0 radical (unpaired) electrons. The third-order valence-electron chi connectivity index (χ3n) is 3.11. The maximum atomic E-state index is 14.5. The number of amides is 1. The van der Waals surface area contributed by atoms with Crippen LogP contribution >= 0.6 is 11.6 Å². The maximum absolute atomic E-state index is 14.5. The molecule has 0 aliphatic heterocycles. The molecule has 26 heavy (non-hydrogen) atoms. The van der Waals surface area contributed by atoms with Crippen LogP contribution in [-0.2, 0) is 9.53 Å². The highest BCUT2D eigenvalue weighted by molar-refractivity contribution is 6.35. The van der Waals surface area contributed by atoms with Crippen molar-refractivity contribution in [2.75, 3.05) is 19.5 Å². The molecule has 2 rings (SSSR count). The van der Waals surface area contributed by atoms with Crippen molar-refractivity contribution in [1.29, 1.82) is 0 Å². The van der Waals surface area contributed by atoms with Gasteiger partial charge in [0, 0.05) is 12.5 Å². The van der Waals surface area contributed by atoms with Crippen LogP contribution in [0.1, 0.15) is 6.92 Å². The van der Waals surface area contributed by atoms with Crippen molar-refractivity contribution in [3.05, 3.63) is 34.9 Å². The van der Waals surface area contributed by atoms with E-state index in [1.54, 1.807) is 0 Å². The number of carbonyl (C=O) groups excluding carboxylic acids is 2. The van der Waals surface area contributed by atoms with Gasteiger partial charge in [-0.05, 0) is 18.2 Å². The molecule has 0 bridgehead atoms. The van der Waals surface area contributed by atoms with Crippen LogP contribution in [0, 0.1) is 11.6 Å². The van der Waals surface area contributed by atoms with E-state index in [-0.39, 0.29) is 22.0 Å². The minimum Gasteiger partial charge on any atom is -0.491 e. The second kappa shape index (κ2) is 7.96. The molecule has 7 nitrogen and oxygen atoms in total. The molecule has 1 N–H and O–H groups in total. The van der Waals surface area contributed by atoms with Crippen molar-refractivity contribution in [2.45, 2.75) is 6.92 Å². The number of hydrogen-bond acceptors (Lipinski definition) is 6. The van der Waals surface area contributed by atoms with E-state index in [0.717, 1.165) is 26.4 Å². The predicted molar refractivity (Wildman–Crippen MR) is 88.5 cm³/mol. The van der Waals surface area contributed by atoms with Crippen molar-refractivity contribution in [3.8, 4) is 22.9 Å². The summed E-state index contributed by atoms with van der Waals surface area (Å²) >= 11 is 6.05. The maximum Gasteiger partial charge on any atom is 0.514 e. The molecule has 0 atom stereocenters. The summed E-state index contributed by atoms with van der Waals surface area (Å²) in [5.41, 5.74) is -0.250. The first-order chi connectivity index (χ1) is 12.3. The number of ether oxygens (including phenoxy) is 3. The summed E-state index contributed by atoms with van der Waals surface area (Å²) in [4.78, 5) is 26.6. The first-order valence-electron chi connectivity index (χ1n) is 7.04. The quantitative estimate of drug-likeness (QED) is 0.804. The molecule has 0 aliphatic rings. The topological polar surface area (TPSA) is 86.8 Å². The highest BCUT2D eigenvalue weighted by Crippen LogP contribution is 2.37. The van der Waals surface area contributed by atoms with E-state index in [0.29, 0.717) is 0 Å². The predicted octanol–water partition coefficient (Wildman–Crippen LogP) is 3.79. The molecule has 0 saturated heterocycles. The molecular weight excluding hydrogens is 374 g/mol. The van der Waals surface area contributed by atoms with Crippen LogP contribution in [0.4, 0.5) is 19.3 Å². The number of benzene rings is 1. The molecule has 1 heterocycles. The van der Waals surface area contributed by atoms with Crippen LogP contribution in [0.15, 0.2) is 18.2 Å². The third kappa shape index (κ3) is 3.99. The Morgan fingerprint density at radius 2 is 1.92 bits per heavy atom. The van der Waals surface area contributed by atoms with Crippen LogP contribution in [0.2, 0.25) is 5.02 Å². The molecule has 0 aliphatic carbocycles. The lowest BCUT2D eigenvalue weighted by molar-refractivity contribution is -0.114. The highest BCUT2D eigenvalue weighted by Gasteiger charge is 2.21. The normalized spacial score (nSPS) is 10.2. The Hall–Kier alpha value is -2.94. The largest absolute Gasteiger partial charge is 0.514 e. The van der Waals surface area contributed by atoms with Gasteiger partial charge in [-0.25, -0.2) is 18.6 Å². The SMILES string of the molecule is COC(=O)Oc1nc(-c2ccc(F)c(OC)c2F)cc(NC(C)=O)c1Cl. The zero-order valence-corrected chi connectivity index (χ0v) is 14.6. The van der Waals surface area contributed by atoms with Gasteiger partial charge >= 0.3 is 6.16 Å². The number of rotatable bonds is 4. The first kappa shape index (κ1) is 19.4. The van der Waals surface area contributed by atoms with Crippen LogP contribution in [0.5, 0.6) is 11.6 Å². The minimum absolute atomic E-state index is 0.00533. The van der Waals surface area contributed by atoms with Gasteiger partial charge in [-0.2, -0.15) is 0 Å². The summed E-state index contributed by atoms with van der Waals surface area (Å²) in [6, 6.07) is 3.33. The summed E-state index contributed by atoms with van der Waals surface area (Å²) < 4.78 is 42.0. The van der Waals surface area contributed by atoms with E-state index >= 15 is 0 Å². The molecule has 0 unspecified atom stereocenters. The number of carbonyl (C=O) groups is 2. The summed E-state index contributed by atoms with van der Waals surface area (Å²) in [7, 11) is 2.18. The summed E-state index contributed by atoms with van der Waals surface area (Å²) in [5.74, 6) is -3.46. The number of nitrogens with zero attached hydrogens (tertiary/aromatic N) is 1. The van der Waals surface area contributed by atoms with E-state index in [9.17, 15) is 18.4 Å². The number of hydrogen-bond donors (Lipinski definition) is 1. The van der Waals surface area contributed by atoms with Gasteiger partial charge < -0.3 is 19.5 Å². The van der Waals surface area contributed by atoms with E-state index in [1.807, 2.05) is 0 Å². The molecule has 2 aromatic rings. The summed E-state index contributed by atoms with van der Waals surface area (Å²) in [6.45, 7) is 1.22. The van der Waals surface area contributed by atoms with Crippen molar-refractivity contribution in [2.24, 2.45) is 0 Å². The van der Waals surface area contributed by atoms with Crippen LogP contribution < -0.4 is 14.8 Å². The van der Waals surface area contributed by atoms with E-state index in [4.69, 9.17) is 16.3 Å². The van der Waals surface area contributed by atoms with Crippen LogP contribution in [0.25, 0.3) is 11.3 Å². The molecule has 1 amide bonds. The van der Waals surface area contributed by atoms with Gasteiger partial charge in [-0.1, -0.05) is 11.6 Å². The van der Waals surface area contributed by atoms with Crippen molar-refractivity contribution in [1.82, 2.24) is 4.98 Å². The van der Waals surface area contributed by atoms with Gasteiger partial charge in [0.2, 0.25) is 11.8 Å². The Balaban J connectivity index is 2.66. The Morgan fingerprint density at radius 1 is 1.23 bits per heavy atom. The van der Waals surface area contributed by atoms with Crippen LogP contribution in [-0.4, -0.2) is 31.3 Å². The zero-order valence-electron chi connectivity index (χ0n) is 13.9. The average molecular weight is 387 g/mol. The van der Waals surface area contributed by atoms with Gasteiger partial charge in [0.1, 0.15) is 5.02 Å². The highest BCUT2D eigenvalue weighted by atomic mass is 35.5. The van der Waals surface area contributed by atoms with Gasteiger partial charge in [0.05, 0.1) is 25.6 Å². The van der Waals surface area contributed by atoms with Crippen molar-refractivity contribution in [3.63, 3.8) is 0 Å². The Morgan fingerprint density at radius 3 is 2.50 bits per heavy atom. The monoisotopic (exact) mass is 386 g/mol. The van der Waals surface area contributed by atoms with Gasteiger partial charge in [-0.3, -0.25) is 4.79 Å². The second-order valence-corrected chi connectivity index (χ2v) is 5.23. The van der Waals surface area contributed by atoms with Gasteiger partial charge in [0.25, 0.3) is 0 Å². The lowest BCUT2D eigenvalue weighted by Gasteiger charge is -2.13. The Labute approximate surface area is 151 Å². The number of halogens is 3. The third-order valence-corrected chi connectivity index (χ3v) is 3.48. The summed E-state index contributed by atoms with van der Waals surface area (Å²) in [6.07, 6.45) is -1.12. The number of anilines is 1. The number of methoxy groups -OCH3 is 2. The van der Waals surface area contributed by atoms with Gasteiger partial charge in [0.15, 0.2) is 17.4 Å². The van der Waals surface area contributed by atoms with Crippen molar-refractivity contribution >= 4 is 29.4 Å². The lowest BCUT2D eigenvalue weighted by Crippen LogP contribution is -2.12. The number of aromatic nitrogens is 1. The standard InChI is InChI=1S/C16H13ClF2N2O5/c1-7(22)20-11-6-10(21-15(12(11)17)26-16(23)25-3)8-4-5-9(18)14(24-2)13(8)19/h4-6H,1-3H3,(H,20,21,22). The molecule has 10 heteroatoms. The van der Waals surface area contributed by atoms with E-state index < -0.39 is 35.3 Å². The fraction of sp³-hybridized carbons (Fsp3) is 0.188. The van der Waals surface area contributed by atoms with E-state index in [1.165, 1.54) is 13.0 Å². The number of nitrogens with one attached hydrogen (secondary N) is 1. The lowest BCUT2D eigenvalue weighted by atomic mass is 10.1. The minimum atomic E-state index is -1.12. The fourth-order valence-electron chi connectivity index (χ4n) is 2.03. The molecule has 1 aromatic heterocycles. The first-order valence-corrected chi connectivity index (χ1v) is 7.42. The molecule has 0 fully saturated rings. The van der Waals surface area contributed by atoms with E-state index in [2.05, 4.69) is 19.8 Å². The van der Waals surface area contributed by atoms with Crippen LogP contribution in [0.3, 0.4) is 0 Å². The zero-order chi connectivity index (χ0) is 19.4. The average Bonchev–Trinajstić information content (AvgIpc) is 2.58. The molecule has 138 valence electrons. The Bertz CT molecular complexity index is 876. The second-order valence-electron chi connectivity index (χ2n) is 4.85. The number of pyridine rings is 1. The molecular formula is C16H13ClF2N2O5. The van der Waals surface area contributed by atoms with Crippen molar-refractivity contribution < 1.29 is 32.6 Å². The smallest absolute Gasteiger partial charge is 0.491 e. The molecule has 0 saturated carbocycles. The van der Waals surface area contributed by atoms with Gasteiger partial charge in [-0.15, -0.1) is 0 Å².